The van der Waals surface area contributed by atoms with Gasteiger partial charge in [0.05, 0.1) is 29.1 Å². The summed E-state index contributed by atoms with van der Waals surface area (Å²) >= 11 is 0. The number of alkyl halides is 3. The van der Waals surface area contributed by atoms with Gasteiger partial charge in [0.1, 0.15) is 23.6 Å². The number of aryl methyl sites for hydroxylation is 2. The van der Waals surface area contributed by atoms with E-state index in [1.807, 2.05) is 0 Å². The van der Waals surface area contributed by atoms with Crippen molar-refractivity contribution in [3.8, 4) is 22.8 Å². The van der Waals surface area contributed by atoms with Crippen LogP contribution in [0.2, 0.25) is 0 Å². The van der Waals surface area contributed by atoms with E-state index in [1.54, 1.807) is 24.7 Å². The Hall–Kier alpha value is -4.48. The minimum atomic E-state index is -4.65. The molecular formula is C29H25F4N7O. The number of hydrogen-bond acceptors (Lipinski definition) is 6. The van der Waals surface area contributed by atoms with E-state index in [9.17, 15) is 18.0 Å². The molecule has 0 atom stereocenters. The molecule has 1 aliphatic carbocycles. The molecule has 0 radical (unpaired) electrons. The first-order chi connectivity index (χ1) is 19.6. The number of fused-ring (bicyclic) bond motifs is 1. The maximum Gasteiger partial charge on any atom is 0.434 e. The molecule has 12 heteroatoms. The van der Waals surface area contributed by atoms with Crippen LogP contribution < -0.4 is 5.56 Å². The van der Waals surface area contributed by atoms with Crippen LogP contribution in [0.1, 0.15) is 54.7 Å². The molecule has 8 nitrogen and oxygen atoms in total. The quantitative estimate of drug-likeness (QED) is 0.237. The van der Waals surface area contributed by atoms with Gasteiger partial charge in [0.25, 0.3) is 5.56 Å². The minimum Gasteiger partial charge on any atom is -0.333 e. The first kappa shape index (κ1) is 26.7. The molecule has 0 N–H and O–H groups in total. The van der Waals surface area contributed by atoms with Crippen molar-refractivity contribution < 1.29 is 17.6 Å². The van der Waals surface area contributed by atoms with Gasteiger partial charge < -0.3 is 4.57 Å². The molecule has 1 fully saturated rings. The second-order valence-corrected chi connectivity index (χ2v) is 10.2. The van der Waals surface area contributed by atoms with Gasteiger partial charge in [-0.05, 0) is 43.0 Å². The molecule has 0 amide bonds. The fourth-order valence-corrected chi connectivity index (χ4v) is 4.99. The molecule has 0 bridgehead atoms. The van der Waals surface area contributed by atoms with E-state index in [-0.39, 0.29) is 23.5 Å². The first-order valence-corrected chi connectivity index (χ1v) is 13.2. The van der Waals surface area contributed by atoms with Crippen LogP contribution in [0.4, 0.5) is 17.6 Å². The van der Waals surface area contributed by atoms with E-state index in [4.69, 9.17) is 4.98 Å². The molecule has 41 heavy (non-hydrogen) atoms. The lowest BCUT2D eigenvalue weighted by Gasteiger charge is -2.14. The highest BCUT2D eigenvalue weighted by atomic mass is 19.4. The van der Waals surface area contributed by atoms with Gasteiger partial charge in [-0.25, -0.2) is 29.3 Å². The second kappa shape index (κ2) is 10.2. The lowest BCUT2D eigenvalue weighted by atomic mass is 10.0. The van der Waals surface area contributed by atoms with Crippen LogP contribution in [0.3, 0.4) is 0 Å². The van der Waals surface area contributed by atoms with Gasteiger partial charge in [-0.3, -0.25) is 9.36 Å². The number of rotatable bonds is 7. The number of nitrogens with zero attached hydrogens (tertiary/aromatic N) is 7. The summed E-state index contributed by atoms with van der Waals surface area (Å²) in [5.74, 6) is -0.151. The average molecular weight is 564 g/mol. The van der Waals surface area contributed by atoms with E-state index < -0.39 is 17.7 Å². The van der Waals surface area contributed by atoms with Crippen molar-refractivity contribution in [2.75, 3.05) is 0 Å². The highest BCUT2D eigenvalue weighted by molar-refractivity contribution is 5.77. The Balaban J connectivity index is 1.40. The summed E-state index contributed by atoms with van der Waals surface area (Å²) in [6, 6.07) is 7.15. The van der Waals surface area contributed by atoms with Crippen LogP contribution in [0.15, 0.2) is 53.8 Å². The Bertz CT molecular complexity index is 1840. The zero-order chi connectivity index (χ0) is 28.9. The molecule has 4 heterocycles. The lowest BCUT2D eigenvalue weighted by Crippen LogP contribution is -2.21. The largest absolute Gasteiger partial charge is 0.434 e. The number of halogens is 4. The molecule has 0 aliphatic heterocycles. The molecule has 4 aromatic heterocycles. The van der Waals surface area contributed by atoms with E-state index >= 15 is 4.39 Å². The monoisotopic (exact) mass is 563 g/mol. The van der Waals surface area contributed by atoms with Gasteiger partial charge in [-0.2, -0.15) is 13.2 Å². The van der Waals surface area contributed by atoms with Crippen molar-refractivity contribution in [1.29, 1.82) is 0 Å². The number of hydrogen-bond donors (Lipinski definition) is 0. The molecule has 0 spiro atoms. The zero-order valence-electron chi connectivity index (χ0n) is 22.3. The summed E-state index contributed by atoms with van der Waals surface area (Å²) in [5.41, 5.74) is 1.84. The maximum atomic E-state index is 15.2. The van der Waals surface area contributed by atoms with Gasteiger partial charge in [0, 0.05) is 36.8 Å². The molecule has 0 unspecified atom stereocenters. The average Bonchev–Trinajstić information content (AvgIpc) is 3.71. The van der Waals surface area contributed by atoms with Gasteiger partial charge in [-0.1, -0.05) is 19.4 Å². The first-order valence-electron chi connectivity index (χ1n) is 13.2. The Morgan fingerprint density at radius 2 is 1.85 bits per heavy atom. The van der Waals surface area contributed by atoms with Crippen molar-refractivity contribution in [2.24, 2.45) is 7.05 Å². The van der Waals surface area contributed by atoms with E-state index in [2.05, 4.69) is 26.9 Å². The Kier molecular flexibility index (Phi) is 6.63. The highest BCUT2D eigenvalue weighted by Crippen LogP contribution is 2.43. The van der Waals surface area contributed by atoms with Crippen molar-refractivity contribution in [3.63, 3.8) is 0 Å². The number of pyridine rings is 1. The predicted molar refractivity (Wildman–Crippen MR) is 143 cm³/mol. The van der Waals surface area contributed by atoms with Crippen molar-refractivity contribution in [3.05, 3.63) is 87.9 Å². The maximum absolute atomic E-state index is 15.2. The lowest BCUT2D eigenvalue weighted by molar-refractivity contribution is -0.140. The Labute approximate surface area is 231 Å². The third-order valence-electron chi connectivity index (χ3n) is 7.13. The van der Waals surface area contributed by atoms with Crippen molar-refractivity contribution in [2.45, 2.75) is 51.2 Å². The highest BCUT2D eigenvalue weighted by Gasteiger charge is 2.35. The summed E-state index contributed by atoms with van der Waals surface area (Å²) in [5, 5.41) is 0.625. The third-order valence-corrected chi connectivity index (χ3v) is 7.13. The number of imidazole rings is 1. The molecule has 1 aliphatic rings. The van der Waals surface area contributed by atoms with Gasteiger partial charge in [0.2, 0.25) is 0 Å². The van der Waals surface area contributed by atoms with Crippen molar-refractivity contribution >= 4 is 11.0 Å². The summed E-state index contributed by atoms with van der Waals surface area (Å²) in [6.07, 6.45) is 3.06. The molecular weight excluding hydrogens is 538 g/mol. The van der Waals surface area contributed by atoms with Gasteiger partial charge >= 0.3 is 6.18 Å². The third kappa shape index (κ3) is 5.09. The van der Waals surface area contributed by atoms with Crippen LogP contribution in [-0.4, -0.2) is 34.1 Å². The SMILES string of the molecule is CCCc1ncnc(C2CC2)c1-c1ncc2ccc(=O)n(Cc3ccc(-c4nc(C(F)(F)F)cn4C)c(F)c3)c2n1. The van der Waals surface area contributed by atoms with Crippen molar-refractivity contribution in [1.82, 2.24) is 34.1 Å². The summed E-state index contributed by atoms with van der Waals surface area (Å²) < 4.78 is 57.1. The summed E-state index contributed by atoms with van der Waals surface area (Å²) in [4.78, 5) is 35.0. The second-order valence-electron chi connectivity index (χ2n) is 10.2. The van der Waals surface area contributed by atoms with Crippen LogP contribution >= 0.6 is 0 Å². The number of aromatic nitrogens is 7. The fraction of sp³-hybridized carbons (Fsp3) is 0.310. The van der Waals surface area contributed by atoms with E-state index in [0.717, 1.165) is 53.4 Å². The predicted octanol–water partition coefficient (Wildman–Crippen LogP) is 5.69. The summed E-state index contributed by atoms with van der Waals surface area (Å²) in [7, 11) is 1.37. The Morgan fingerprint density at radius 3 is 2.54 bits per heavy atom. The molecule has 6 rings (SSSR count). The van der Waals surface area contributed by atoms with Gasteiger partial charge in [-0.15, -0.1) is 0 Å². The van der Waals surface area contributed by atoms with Crippen LogP contribution in [-0.2, 0) is 26.2 Å². The standard InChI is InChI=1S/C29H25F4N7O/c1-3-4-21-24(25(17-6-7-17)36-15-35-21)26-34-12-18-8-10-23(41)40(27(18)38-26)13-16-5-9-19(20(30)11-16)28-37-22(14-39(28)2)29(31,32)33/h5,8-12,14-15,17H,3-4,6-7,13H2,1-2H3. The molecule has 210 valence electrons. The van der Waals surface area contributed by atoms with E-state index in [1.165, 1.54) is 29.8 Å². The summed E-state index contributed by atoms with van der Waals surface area (Å²) in [6.45, 7) is 2.05. The smallest absolute Gasteiger partial charge is 0.333 e. The molecule has 1 aromatic carbocycles. The minimum absolute atomic E-state index is 0.0131. The van der Waals surface area contributed by atoms with Crippen LogP contribution in [0.25, 0.3) is 33.8 Å². The normalized spacial score (nSPS) is 13.7. The Morgan fingerprint density at radius 1 is 1.05 bits per heavy atom. The van der Waals surface area contributed by atoms with Crippen LogP contribution in [0.5, 0.6) is 0 Å². The molecule has 0 saturated heterocycles. The van der Waals surface area contributed by atoms with Crippen LogP contribution in [0, 0.1) is 5.82 Å². The molecule has 5 aromatic rings. The van der Waals surface area contributed by atoms with Gasteiger partial charge in [0.15, 0.2) is 11.5 Å². The van der Waals surface area contributed by atoms with E-state index in [0.29, 0.717) is 28.3 Å². The zero-order valence-corrected chi connectivity index (χ0v) is 22.3. The molecule has 1 saturated carbocycles. The topological polar surface area (TPSA) is 91.4 Å². The fourth-order valence-electron chi connectivity index (χ4n) is 4.99. The number of benzene rings is 1.